The molecule has 3 heterocycles. The first-order valence-electron chi connectivity index (χ1n) is 8.19. The van der Waals surface area contributed by atoms with Crippen molar-refractivity contribution in [2.24, 2.45) is 0 Å². The largest absolute Gasteiger partial charge is 0.477 e. The normalized spacial score (nSPS) is 19.0. The zero-order valence-corrected chi connectivity index (χ0v) is 13.0. The second kappa shape index (κ2) is 5.15. The van der Waals surface area contributed by atoms with Gasteiger partial charge in [0.05, 0.1) is 30.6 Å². The number of ether oxygens (including phenoxy) is 1. The molecular weight excluding hydrogens is 309 g/mol. The molecule has 1 aromatic carbocycles. The van der Waals surface area contributed by atoms with E-state index in [1.807, 2.05) is 21.6 Å². The first-order chi connectivity index (χ1) is 11.8. The molecule has 1 aliphatic heterocycles. The van der Waals surface area contributed by atoms with Crippen LogP contribution in [-0.2, 0) is 13.0 Å². The van der Waals surface area contributed by atoms with Gasteiger partial charge in [0, 0.05) is 13.0 Å². The van der Waals surface area contributed by atoms with Crippen molar-refractivity contribution >= 4 is 0 Å². The molecule has 0 saturated carbocycles. The second-order valence-corrected chi connectivity index (χ2v) is 6.23. The summed E-state index contributed by atoms with van der Waals surface area (Å²) in [4.78, 5) is 0. The standard InChI is InChI=1S/C17H16FN5O/c18-14-4-1-3-12-11(14)5-6-16(12)23-10-15(20-21-23)13-9-19-22-7-2-8-24-17(13)22/h1,3-4,9-10,16H,2,5-8H2/t16-/m0/s1. The third-order valence-corrected chi connectivity index (χ3v) is 4.83. The van der Waals surface area contributed by atoms with Crippen molar-refractivity contribution < 1.29 is 9.13 Å². The van der Waals surface area contributed by atoms with E-state index in [1.54, 1.807) is 12.3 Å². The lowest BCUT2D eigenvalue weighted by molar-refractivity contribution is 0.231. The maximum atomic E-state index is 13.9. The molecule has 5 rings (SSSR count). The average molecular weight is 325 g/mol. The van der Waals surface area contributed by atoms with E-state index < -0.39 is 0 Å². The van der Waals surface area contributed by atoms with Gasteiger partial charge in [-0.3, -0.25) is 0 Å². The Morgan fingerprint density at radius 1 is 1.29 bits per heavy atom. The van der Waals surface area contributed by atoms with Crippen molar-refractivity contribution in [3.8, 4) is 17.1 Å². The highest BCUT2D eigenvalue weighted by molar-refractivity contribution is 5.63. The summed E-state index contributed by atoms with van der Waals surface area (Å²) in [6, 6.07) is 5.28. The number of benzene rings is 1. The van der Waals surface area contributed by atoms with Crippen LogP contribution in [0.1, 0.15) is 30.0 Å². The van der Waals surface area contributed by atoms with E-state index in [1.165, 1.54) is 6.07 Å². The highest BCUT2D eigenvalue weighted by atomic mass is 19.1. The summed E-state index contributed by atoms with van der Waals surface area (Å²) >= 11 is 0. The summed E-state index contributed by atoms with van der Waals surface area (Å²) in [5.41, 5.74) is 3.40. The number of aryl methyl sites for hydroxylation is 1. The van der Waals surface area contributed by atoms with Gasteiger partial charge in [-0.2, -0.15) is 5.10 Å². The van der Waals surface area contributed by atoms with Crippen LogP contribution in [0.3, 0.4) is 0 Å². The van der Waals surface area contributed by atoms with E-state index in [9.17, 15) is 4.39 Å². The lowest BCUT2D eigenvalue weighted by Crippen LogP contribution is -2.14. The number of aromatic nitrogens is 5. The summed E-state index contributed by atoms with van der Waals surface area (Å²) in [6.07, 6.45) is 6.21. The van der Waals surface area contributed by atoms with Crippen LogP contribution in [0.2, 0.25) is 0 Å². The first-order valence-corrected chi connectivity index (χ1v) is 8.19. The summed E-state index contributed by atoms with van der Waals surface area (Å²) in [7, 11) is 0. The number of nitrogens with zero attached hydrogens (tertiary/aromatic N) is 5. The second-order valence-electron chi connectivity index (χ2n) is 6.23. The average Bonchev–Trinajstić information content (AvgIpc) is 3.32. The fourth-order valence-corrected chi connectivity index (χ4v) is 3.66. The topological polar surface area (TPSA) is 57.8 Å². The molecule has 0 amide bonds. The highest BCUT2D eigenvalue weighted by Crippen LogP contribution is 2.36. The van der Waals surface area contributed by atoms with E-state index in [4.69, 9.17) is 4.74 Å². The molecule has 1 atom stereocenters. The van der Waals surface area contributed by atoms with Crippen LogP contribution in [0.4, 0.5) is 4.39 Å². The molecule has 2 aliphatic rings. The van der Waals surface area contributed by atoms with Gasteiger partial charge >= 0.3 is 0 Å². The quantitative estimate of drug-likeness (QED) is 0.727. The zero-order chi connectivity index (χ0) is 16.1. The highest BCUT2D eigenvalue weighted by Gasteiger charge is 2.28. The third kappa shape index (κ3) is 1.97. The fourth-order valence-electron chi connectivity index (χ4n) is 3.66. The van der Waals surface area contributed by atoms with Crippen LogP contribution in [0, 0.1) is 5.82 Å². The Morgan fingerprint density at radius 2 is 2.25 bits per heavy atom. The Kier molecular flexibility index (Phi) is 2.95. The SMILES string of the molecule is Fc1cccc2c1CC[C@@H]2n1cc(-c2cnn3c2OCCC3)nn1. The van der Waals surface area contributed by atoms with Crippen LogP contribution < -0.4 is 4.74 Å². The molecule has 0 spiro atoms. The van der Waals surface area contributed by atoms with Gasteiger partial charge in [0.2, 0.25) is 5.88 Å². The monoisotopic (exact) mass is 325 g/mol. The summed E-state index contributed by atoms with van der Waals surface area (Å²) in [5, 5.41) is 12.9. The molecule has 0 saturated heterocycles. The van der Waals surface area contributed by atoms with Crippen molar-refractivity contribution in [2.45, 2.75) is 31.8 Å². The van der Waals surface area contributed by atoms with Crippen LogP contribution in [0.25, 0.3) is 11.3 Å². The van der Waals surface area contributed by atoms with Gasteiger partial charge in [0.15, 0.2) is 0 Å². The van der Waals surface area contributed by atoms with Gasteiger partial charge in [-0.25, -0.2) is 13.8 Å². The van der Waals surface area contributed by atoms with Crippen LogP contribution in [0.15, 0.2) is 30.6 Å². The zero-order valence-electron chi connectivity index (χ0n) is 13.0. The van der Waals surface area contributed by atoms with Crippen molar-refractivity contribution in [3.63, 3.8) is 0 Å². The molecular formula is C17H16FN5O. The maximum absolute atomic E-state index is 13.9. The molecule has 2 aromatic heterocycles. The summed E-state index contributed by atoms with van der Waals surface area (Å²) in [6.45, 7) is 1.56. The van der Waals surface area contributed by atoms with Crippen LogP contribution in [-0.4, -0.2) is 31.4 Å². The fraction of sp³-hybridized carbons (Fsp3) is 0.353. The van der Waals surface area contributed by atoms with Crippen molar-refractivity contribution in [2.75, 3.05) is 6.61 Å². The Labute approximate surface area is 137 Å². The van der Waals surface area contributed by atoms with Gasteiger partial charge in [-0.05, 0) is 30.0 Å². The van der Waals surface area contributed by atoms with E-state index >= 15 is 0 Å². The lowest BCUT2D eigenvalue weighted by atomic mass is 10.1. The van der Waals surface area contributed by atoms with Gasteiger partial charge < -0.3 is 4.74 Å². The van der Waals surface area contributed by atoms with Gasteiger partial charge in [-0.1, -0.05) is 17.3 Å². The van der Waals surface area contributed by atoms with E-state index in [-0.39, 0.29) is 11.9 Å². The number of halogens is 1. The minimum atomic E-state index is -0.130. The summed E-state index contributed by atoms with van der Waals surface area (Å²) in [5.74, 6) is 0.626. The Balaban J connectivity index is 1.51. The van der Waals surface area contributed by atoms with E-state index in [0.29, 0.717) is 6.61 Å². The minimum Gasteiger partial charge on any atom is -0.477 e. The molecule has 0 unspecified atom stereocenters. The Morgan fingerprint density at radius 3 is 3.21 bits per heavy atom. The number of fused-ring (bicyclic) bond motifs is 2. The maximum Gasteiger partial charge on any atom is 0.221 e. The van der Waals surface area contributed by atoms with Crippen LogP contribution in [0.5, 0.6) is 5.88 Å². The predicted molar refractivity (Wildman–Crippen MR) is 84.2 cm³/mol. The molecule has 0 bridgehead atoms. The predicted octanol–water partition coefficient (Wildman–Crippen LogP) is 2.60. The molecule has 24 heavy (non-hydrogen) atoms. The van der Waals surface area contributed by atoms with E-state index in [0.717, 1.165) is 54.1 Å². The van der Waals surface area contributed by atoms with Crippen LogP contribution >= 0.6 is 0 Å². The number of hydrogen-bond acceptors (Lipinski definition) is 4. The molecule has 7 heteroatoms. The number of rotatable bonds is 2. The van der Waals surface area contributed by atoms with Crippen molar-refractivity contribution in [3.05, 3.63) is 47.5 Å². The smallest absolute Gasteiger partial charge is 0.221 e. The Hall–Kier alpha value is -2.70. The molecule has 6 nitrogen and oxygen atoms in total. The third-order valence-electron chi connectivity index (χ3n) is 4.83. The lowest BCUT2D eigenvalue weighted by Gasteiger charge is -2.15. The van der Waals surface area contributed by atoms with Crippen molar-refractivity contribution in [1.82, 2.24) is 24.8 Å². The molecule has 0 fully saturated rings. The van der Waals surface area contributed by atoms with Crippen molar-refractivity contribution in [1.29, 1.82) is 0 Å². The molecule has 0 N–H and O–H groups in total. The Bertz CT molecular complexity index is 916. The van der Waals surface area contributed by atoms with Gasteiger partial charge in [-0.15, -0.1) is 5.10 Å². The minimum absolute atomic E-state index is 0.0317. The first kappa shape index (κ1) is 13.7. The van der Waals surface area contributed by atoms with E-state index in [2.05, 4.69) is 15.4 Å². The summed E-state index contributed by atoms with van der Waals surface area (Å²) < 4.78 is 23.3. The molecule has 0 radical (unpaired) electrons. The van der Waals surface area contributed by atoms with Gasteiger partial charge in [0.25, 0.3) is 0 Å². The molecule has 122 valence electrons. The molecule has 3 aromatic rings. The van der Waals surface area contributed by atoms with Gasteiger partial charge in [0.1, 0.15) is 11.5 Å². The number of hydrogen-bond donors (Lipinski definition) is 0. The molecule has 1 aliphatic carbocycles.